The zero-order valence-corrected chi connectivity index (χ0v) is 20.2. The molecule has 1 atom stereocenters. The van der Waals surface area contributed by atoms with Crippen LogP contribution in [0.4, 0.5) is 0 Å². The molecule has 0 saturated heterocycles. The molecule has 0 aromatic rings. The van der Waals surface area contributed by atoms with Gasteiger partial charge in [-0.25, -0.2) is 0 Å². The van der Waals surface area contributed by atoms with Gasteiger partial charge in [-0.1, -0.05) is 0 Å². The van der Waals surface area contributed by atoms with Crippen LogP contribution in [0.5, 0.6) is 0 Å². The molecule has 23 heavy (non-hydrogen) atoms. The Hall–Kier alpha value is 1.63. The number of hydrogen-bond acceptors (Lipinski definition) is 1. The van der Waals surface area contributed by atoms with Crippen molar-refractivity contribution in [2.24, 2.45) is 5.50 Å². The van der Waals surface area contributed by atoms with Crippen molar-refractivity contribution in [3.63, 3.8) is 0 Å². The molecule has 133 valence electrons. The Morgan fingerprint density at radius 3 is 1.09 bits per heavy atom. The van der Waals surface area contributed by atoms with Gasteiger partial charge in [-0.15, -0.1) is 5.50 Å². The van der Waals surface area contributed by atoms with E-state index in [4.69, 9.17) is 5.50 Å². The first kappa shape index (κ1) is 20.9. The third-order valence-corrected chi connectivity index (χ3v) is 19.2. The summed E-state index contributed by atoms with van der Waals surface area (Å²) in [7, 11) is 0. The second kappa shape index (κ2) is 12.1. The van der Waals surface area contributed by atoms with Crippen LogP contribution in [0.1, 0.15) is 96.3 Å². The van der Waals surface area contributed by atoms with Crippen molar-refractivity contribution < 1.29 is 0 Å². The van der Waals surface area contributed by atoms with E-state index in [1.165, 1.54) is 11.8 Å². The molecule has 1 nitrogen and oxygen atoms in total. The molecular formula is C18H36NPS2Sn+. The fourth-order valence-corrected chi connectivity index (χ4v) is 20.2. The second-order valence-electron chi connectivity index (χ2n) is 7.81. The van der Waals surface area contributed by atoms with Crippen molar-refractivity contribution >= 4 is 49.9 Å². The van der Waals surface area contributed by atoms with Crippen LogP contribution in [-0.2, 0) is 11.8 Å². The summed E-state index contributed by atoms with van der Waals surface area (Å²) in [6.45, 7) is 0. The van der Waals surface area contributed by atoms with Gasteiger partial charge >= 0.3 is 134 Å². The Morgan fingerprint density at radius 1 is 0.652 bits per heavy atom. The van der Waals surface area contributed by atoms with E-state index in [2.05, 4.69) is 24.1 Å². The van der Waals surface area contributed by atoms with Gasteiger partial charge in [0.05, 0.1) is 12.2 Å². The van der Waals surface area contributed by atoms with E-state index in [0.29, 0.717) is 0 Å². The maximum atomic E-state index is 4.85. The first-order chi connectivity index (χ1) is 11.2. The van der Waals surface area contributed by atoms with E-state index in [0.717, 1.165) is 0 Å². The topological polar surface area (TPSA) is 26.0 Å². The van der Waals surface area contributed by atoms with Crippen LogP contribution in [0.3, 0.4) is 0 Å². The van der Waals surface area contributed by atoms with Crippen LogP contribution < -0.4 is 5.50 Å². The molecule has 0 spiro atoms. The minimum Gasteiger partial charge on any atom is -0.135 e. The van der Waals surface area contributed by atoms with E-state index in [-0.39, 0.29) is 0 Å². The molecule has 0 heterocycles. The molecule has 0 aliphatic heterocycles. The van der Waals surface area contributed by atoms with Crippen molar-refractivity contribution in [3.8, 4) is 0 Å². The summed E-state index contributed by atoms with van der Waals surface area (Å²) in [4.78, 5) is 0. The monoisotopic (exact) mass is 481 g/mol. The number of hydrogen-bond donors (Lipinski definition) is 2. The van der Waals surface area contributed by atoms with E-state index in [9.17, 15) is 0 Å². The average Bonchev–Trinajstić information content (AvgIpc) is 2.58. The van der Waals surface area contributed by atoms with Crippen molar-refractivity contribution in [1.29, 1.82) is 0 Å². The Balaban J connectivity index is 0.000000433. The fourth-order valence-electron chi connectivity index (χ4n) is 5.31. The summed E-state index contributed by atoms with van der Waals surface area (Å²) in [6, 6.07) is -0.843. The summed E-state index contributed by atoms with van der Waals surface area (Å²) in [5, 5.41) is 0. The van der Waals surface area contributed by atoms with Gasteiger partial charge in [0.2, 0.25) is 0 Å². The van der Waals surface area contributed by atoms with E-state index in [1.807, 2.05) is 0 Å². The van der Waals surface area contributed by atoms with E-state index < -0.39 is 25.8 Å². The number of nitrogens with two attached hydrogens (primary N) is 1. The van der Waals surface area contributed by atoms with Gasteiger partial charge in [0, 0.05) is 0 Å². The molecule has 0 amide bonds. The molecule has 0 aromatic heterocycles. The maximum Gasteiger partial charge on any atom is 0.332 e. The molecule has 3 rings (SSSR count). The second-order valence-corrected chi connectivity index (χ2v) is 21.5. The maximum absolute atomic E-state index is 4.85. The van der Waals surface area contributed by atoms with Crippen molar-refractivity contribution in [1.82, 2.24) is 0 Å². The molecule has 3 fully saturated rings. The van der Waals surface area contributed by atoms with Crippen molar-refractivity contribution in [2.45, 2.75) is 108 Å². The summed E-state index contributed by atoms with van der Waals surface area (Å²) >= 11 is 6.80. The van der Waals surface area contributed by atoms with Gasteiger partial charge in [-0.2, -0.15) is 0 Å². The third kappa shape index (κ3) is 7.81. The van der Waals surface area contributed by atoms with Crippen molar-refractivity contribution in [3.05, 3.63) is 0 Å². The standard InChI is InChI=1S/3C6H11.H2NPS2.Sn/c3*1-2-4-6-5-3-1;1-2(3)4;/h3*1H,2-6H2;(H2-,1,3,4);/p+1. The normalized spacial score (nSPS) is 25.8. The zero-order chi connectivity index (χ0) is 16.5. The molecule has 5 heteroatoms. The Bertz CT molecular complexity index is 291. The summed E-state index contributed by atoms with van der Waals surface area (Å²) in [5.41, 5.74) is 4.85. The largest absolute Gasteiger partial charge is 0.332 e. The van der Waals surface area contributed by atoms with E-state index in [1.54, 1.807) is 96.3 Å². The van der Waals surface area contributed by atoms with Gasteiger partial charge in [-0.05, 0) is 0 Å². The summed E-state index contributed by atoms with van der Waals surface area (Å²) < 4.78 is 3.96. The van der Waals surface area contributed by atoms with Gasteiger partial charge in [0.1, 0.15) is 0 Å². The average molecular weight is 480 g/mol. The molecule has 3 aliphatic carbocycles. The number of rotatable bonds is 3. The van der Waals surface area contributed by atoms with Crippen LogP contribution in [0.15, 0.2) is 0 Å². The van der Waals surface area contributed by atoms with Crippen LogP contribution in [0.25, 0.3) is 0 Å². The van der Waals surface area contributed by atoms with Crippen LogP contribution in [0.2, 0.25) is 11.8 Å². The zero-order valence-electron chi connectivity index (χ0n) is 14.7. The molecule has 2 N–H and O–H groups in total. The summed E-state index contributed by atoms with van der Waals surface area (Å²) in [6.07, 6.45) is 24.2. The Labute approximate surface area is 162 Å². The fraction of sp³-hybridized carbons (Fsp3) is 1.00. The molecule has 0 bridgehead atoms. The minimum absolute atomic E-state index is 0.843. The predicted octanol–water partition coefficient (Wildman–Crippen LogP) is 7.13. The van der Waals surface area contributed by atoms with Gasteiger partial charge in [0.15, 0.2) is 11.8 Å². The van der Waals surface area contributed by atoms with E-state index >= 15 is 0 Å². The quantitative estimate of drug-likeness (QED) is 0.255. The Morgan fingerprint density at radius 2 is 0.870 bits per heavy atom. The Kier molecular flexibility index (Phi) is 11.0. The molecule has 3 saturated carbocycles. The summed E-state index contributed by atoms with van der Waals surface area (Å²) in [5.74, 6) is 0. The third-order valence-electron chi connectivity index (χ3n) is 6.23. The molecule has 1 radical (unpaired) electrons. The van der Waals surface area contributed by atoms with Crippen molar-refractivity contribution in [2.75, 3.05) is 0 Å². The molecule has 1 unspecified atom stereocenters. The first-order valence-corrected chi connectivity index (χ1v) is 18.5. The predicted molar refractivity (Wildman–Crippen MR) is 114 cm³/mol. The molecule has 0 aromatic carbocycles. The first-order valence-electron chi connectivity index (χ1n) is 9.96. The van der Waals surface area contributed by atoms with Crippen LogP contribution in [0, 0.1) is 0 Å². The van der Waals surface area contributed by atoms with Gasteiger partial charge in [0.25, 0.3) is 0 Å². The number of thiol groups is 1. The molecule has 3 aliphatic rings. The smallest absolute Gasteiger partial charge is 0.135 e. The van der Waals surface area contributed by atoms with Crippen LogP contribution in [-0.4, -0.2) is 19.8 Å². The molecular weight excluding hydrogens is 444 g/mol. The minimum atomic E-state index is -1.15. The SMILES string of the molecule is C1CC[CH]([Sn]([CH]2CCCCC2)[CH]2CCCCC2)CC1.N[P+](=S)S. The van der Waals surface area contributed by atoms with Crippen LogP contribution >= 0.6 is 18.3 Å². The van der Waals surface area contributed by atoms with Gasteiger partial charge in [-0.3, -0.25) is 0 Å². The van der Waals surface area contributed by atoms with Gasteiger partial charge < -0.3 is 0 Å².